The second kappa shape index (κ2) is 5.49. The van der Waals surface area contributed by atoms with Crippen LogP contribution in [0.5, 0.6) is 0 Å². The summed E-state index contributed by atoms with van der Waals surface area (Å²) in [6, 6.07) is 9.07. The van der Waals surface area contributed by atoms with Gasteiger partial charge in [0.25, 0.3) is 0 Å². The van der Waals surface area contributed by atoms with Gasteiger partial charge in [0.1, 0.15) is 15.1 Å². The number of carbonyl (C=O) groups is 2. The van der Waals surface area contributed by atoms with Crippen molar-refractivity contribution < 1.29 is 9.59 Å². The maximum Gasteiger partial charge on any atom is 0.218 e. The van der Waals surface area contributed by atoms with E-state index < -0.39 is 11.6 Å². The first-order valence-electron chi connectivity index (χ1n) is 4.79. The maximum absolute atomic E-state index is 11.9. The van der Waals surface area contributed by atoms with Crippen LogP contribution in [0.1, 0.15) is 0 Å². The number of halogens is 3. The molecule has 0 atom stereocenters. The Balaban J connectivity index is 2.39. The first kappa shape index (κ1) is 13.7. The highest BCUT2D eigenvalue weighted by atomic mass is 35.5. The van der Waals surface area contributed by atoms with E-state index in [9.17, 15) is 9.59 Å². The molecule has 18 heavy (non-hydrogen) atoms. The molecule has 6 heteroatoms. The molecule has 0 saturated heterocycles. The Kier molecular flexibility index (Phi) is 4.17. The molecule has 0 spiro atoms. The number of allylic oxidation sites excluding steroid dienone is 4. The molecule has 0 heterocycles. The summed E-state index contributed by atoms with van der Waals surface area (Å²) in [5.74, 6) is -1.15. The fourth-order valence-electron chi connectivity index (χ4n) is 1.30. The molecule has 0 N–H and O–H groups in total. The van der Waals surface area contributed by atoms with Crippen molar-refractivity contribution in [2.24, 2.45) is 0 Å². The highest BCUT2D eigenvalue weighted by Gasteiger charge is 2.32. The average Bonchev–Trinajstić information content (AvgIpc) is 2.40. The Bertz CT molecular complexity index is 591. The van der Waals surface area contributed by atoms with Gasteiger partial charge >= 0.3 is 0 Å². The summed E-state index contributed by atoms with van der Waals surface area (Å²) in [6.07, 6.45) is 0. The van der Waals surface area contributed by atoms with Crippen LogP contribution in [0.15, 0.2) is 55.2 Å². The SMILES string of the molecule is O=C1C(Cl)=C(Cl)C(=O)C(Sc2ccccc2)=C1Cl. The minimum Gasteiger partial charge on any atom is -0.287 e. The summed E-state index contributed by atoms with van der Waals surface area (Å²) in [6.45, 7) is 0. The quantitative estimate of drug-likeness (QED) is 0.771. The van der Waals surface area contributed by atoms with Crippen LogP contribution in [0.25, 0.3) is 0 Å². The van der Waals surface area contributed by atoms with Crippen LogP contribution in [0, 0.1) is 0 Å². The third-order valence-corrected chi connectivity index (χ3v) is 4.55. The predicted molar refractivity (Wildman–Crippen MR) is 73.9 cm³/mol. The first-order chi connectivity index (χ1) is 8.52. The minimum absolute atomic E-state index is 0.0993. The summed E-state index contributed by atoms with van der Waals surface area (Å²) in [7, 11) is 0. The summed E-state index contributed by atoms with van der Waals surface area (Å²) < 4.78 is 0. The molecule has 2 rings (SSSR count). The van der Waals surface area contributed by atoms with Gasteiger partial charge in [-0.2, -0.15) is 0 Å². The Morgan fingerprint density at radius 2 is 1.33 bits per heavy atom. The Hall–Kier alpha value is -0.740. The molecule has 1 aromatic carbocycles. The molecule has 0 fully saturated rings. The van der Waals surface area contributed by atoms with Crippen molar-refractivity contribution in [3.63, 3.8) is 0 Å². The number of benzene rings is 1. The smallest absolute Gasteiger partial charge is 0.218 e. The van der Waals surface area contributed by atoms with E-state index in [1.54, 1.807) is 12.1 Å². The molecule has 1 aromatic rings. The van der Waals surface area contributed by atoms with E-state index in [-0.39, 0.29) is 20.0 Å². The highest BCUT2D eigenvalue weighted by Crippen LogP contribution is 2.39. The maximum atomic E-state index is 11.9. The van der Waals surface area contributed by atoms with Crippen LogP contribution in [-0.2, 0) is 9.59 Å². The van der Waals surface area contributed by atoms with Crippen LogP contribution >= 0.6 is 46.6 Å². The van der Waals surface area contributed by atoms with Gasteiger partial charge in [-0.15, -0.1) is 0 Å². The van der Waals surface area contributed by atoms with Crippen molar-refractivity contribution in [3.8, 4) is 0 Å². The van der Waals surface area contributed by atoms with E-state index in [1.807, 2.05) is 18.2 Å². The van der Waals surface area contributed by atoms with Crippen molar-refractivity contribution in [1.29, 1.82) is 0 Å². The summed E-state index contributed by atoms with van der Waals surface area (Å²) in [5.41, 5.74) is 0. The molecule has 0 aliphatic heterocycles. The third-order valence-electron chi connectivity index (χ3n) is 2.16. The largest absolute Gasteiger partial charge is 0.287 e. The van der Waals surface area contributed by atoms with Gasteiger partial charge in [-0.1, -0.05) is 64.8 Å². The van der Waals surface area contributed by atoms with E-state index in [1.165, 1.54) is 0 Å². The van der Waals surface area contributed by atoms with Gasteiger partial charge in [0.15, 0.2) is 0 Å². The number of Topliss-reactive ketones (excluding diaryl/α,β-unsaturated/α-hetero) is 2. The van der Waals surface area contributed by atoms with Crippen LogP contribution < -0.4 is 0 Å². The average molecular weight is 320 g/mol. The normalized spacial score (nSPS) is 16.6. The van der Waals surface area contributed by atoms with Crippen molar-refractivity contribution in [2.45, 2.75) is 4.90 Å². The number of carbonyl (C=O) groups excluding carboxylic acids is 2. The summed E-state index contributed by atoms with van der Waals surface area (Å²) in [4.78, 5) is 24.4. The third kappa shape index (κ3) is 2.50. The van der Waals surface area contributed by atoms with E-state index in [2.05, 4.69) is 0 Å². The molecular formula is C12H5Cl3O2S. The van der Waals surface area contributed by atoms with Crippen molar-refractivity contribution in [3.05, 3.63) is 50.3 Å². The van der Waals surface area contributed by atoms with Crippen LogP contribution in [-0.4, -0.2) is 11.6 Å². The number of ketones is 2. The molecule has 92 valence electrons. The Morgan fingerprint density at radius 1 is 0.778 bits per heavy atom. The van der Waals surface area contributed by atoms with Gasteiger partial charge in [0.2, 0.25) is 11.6 Å². The standard InChI is InChI=1S/C12H5Cl3O2S/c13-7-8(14)11(17)12(9(15)10(7)16)18-6-4-2-1-3-5-6/h1-5H. The zero-order chi connectivity index (χ0) is 13.3. The second-order valence-electron chi connectivity index (χ2n) is 3.34. The highest BCUT2D eigenvalue weighted by molar-refractivity contribution is 8.04. The monoisotopic (exact) mass is 318 g/mol. The molecular weight excluding hydrogens is 315 g/mol. The lowest BCUT2D eigenvalue weighted by molar-refractivity contribution is -0.114. The number of thioether (sulfide) groups is 1. The molecule has 0 amide bonds. The number of rotatable bonds is 2. The van der Waals surface area contributed by atoms with Gasteiger partial charge < -0.3 is 0 Å². The second-order valence-corrected chi connectivity index (χ2v) is 5.56. The molecule has 0 aromatic heterocycles. The molecule has 2 nitrogen and oxygen atoms in total. The van der Waals surface area contributed by atoms with Crippen LogP contribution in [0.2, 0.25) is 0 Å². The summed E-state index contributed by atoms with van der Waals surface area (Å²) >= 11 is 18.3. The van der Waals surface area contributed by atoms with E-state index in [4.69, 9.17) is 34.8 Å². The lowest BCUT2D eigenvalue weighted by atomic mass is 10.1. The van der Waals surface area contributed by atoms with Crippen LogP contribution in [0.3, 0.4) is 0 Å². The van der Waals surface area contributed by atoms with E-state index in [0.29, 0.717) is 0 Å². The predicted octanol–water partition coefficient (Wildman–Crippen LogP) is 4.07. The van der Waals surface area contributed by atoms with Gasteiger partial charge in [-0.25, -0.2) is 0 Å². The number of hydrogen-bond acceptors (Lipinski definition) is 3. The van der Waals surface area contributed by atoms with Gasteiger partial charge in [-0.05, 0) is 12.1 Å². The molecule has 1 aliphatic rings. The molecule has 0 unspecified atom stereocenters. The zero-order valence-corrected chi connectivity index (χ0v) is 11.8. The molecule has 1 aliphatic carbocycles. The lowest BCUT2D eigenvalue weighted by Crippen LogP contribution is -2.16. The van der Waals surface area contributed by atoms with Gasteiger partial charge in [0, 0.05) is 4.90 Å². The fraction of sp³-hybridized carbons (Fsp3) is 0. The summed E-state index contributed by atoms with van der Waals surface area (Å²) in [5, 5.41) is -0.808. The first-order valence-corrected chi connectivity index (χ1v) is 6.74. The zero-order valence-electron chi connectivity index (χ0n) is 8.75. The molecule has 0 radical (unpaired) electrons. The minimum atomic E-state index is -0.624. The van der Waals surface area contributed by atoms with Gasteiger partial charge in [-0.3, -0.25) is 9.59 Å². The topological polar surface area (TPSA) is 34.1 Å². The Morgan fingerprint density at radius 3 is 1.94 bits per heavy atom. The molecule has 0 saturated carbocycles. The molecule has 0 bridgehead atoms. The van der Waals surface area contributed by atoms with Gasteiger partial charge in [0.05, 0.1) is 4.91 Å². The van der Waals surface area contributed by atoms with Crippen molar-refractivity contribution in [2.75, 3.05) is 0 Å². The Labute approximate surface area is 123 Å². The lowest BCUT2D eigenvalue weighted by Gasteiger charge is -2.13. The van der Waals surface area contributed by atoms with Crippen molar-refractivity contribution in [1.82, 2.24) is 0 Å². The van der Waals surface area contributed by atoms with Crippen molar-refractivity contribution >= 4 is 58.1 Å². The fourth-order valence-corrected chi connectivity index (χ4v) is 2.96. The van der Waals surface area contributed by atoms with E-state index >= 15 is 0 Å². The van der Waals surface area contributed by atoms with Crippen LogP contribution in [0.4, 0.5) is 0 Å². The van der Waals surface area contributed by atoms with E-state index in [0.717, 1.165) is 16.7 Å². The number of hydrogen-bond donors (Lipinski definition) is 0.